The zero-order chi connectivity index (χ0) is 17.4. The summed E-state index contributed by atoms with van der Waals surface area (Å²) >= 11 is 0. The standard InChI is InChI=1S/C20H13F3N2/c21-20(22,23)17-13-7-12-16-18(17)24-25(15-10-5-2-6-11-15)19(16)14-8-3-1-4-9-14/h1-13H. The van der Waals surface area contributed by atoms with Crippen LogP contribution in [0, 0.1) is 0 Å². The van der Waals surface area contributed by atoms with Gasteiger partial charge in [0.15, 0.2) is 0 Å². The van der Waals surface area contributed by atoms with Crippen molar-refractivity contribution in [3.63, 3.8) is 0 Å². The highest BCUT2D eigenvalue weighted by Crippen LogP contribution is 2.38. The summed E-state index contributed by atoms with van der Waals surface area (Å²) in [5.41, 5.74) is 1.40. The Labute approximate surface area is 142 Å². The number of alkyl halides is 3. The number of halogens is 3. The Bertz CT molecular complexity index is 1020. The minimum absolute atomic E-state index is 0.0438. The van der Waals surface area contributed by atoms with E-state index in [-0.39, 0.29) is 5.52 Å². The summed E-state index contributed by atoms with van der Waals surface area (Å²) in [7, 11) is 0. The van der Waals surface area contributed by atoms with Crippen LogP contribution in [-0.2, 0) is 6.18 Å². The minimum atomic E-state index is -4.46. The highest BCUT2D eigenvalue weighted by Gasteiger charge is 2.34. The monoisotopic (exact) mass is 338 g/mol. The van der Waals surface area contributed by atoms with Gasteiger partial charge in [0.2, 0.25) is 0 Å². The number of para-hydroxylation sites is 1. The van der Waals surface area contributed by atoms with E-state index >= 15 is 0 Å². The molecule has 0 aliphatic carbocycles. The van der Waals surface area contributed by atoms with E-state index in [0.717, 1.165) is 11.6 Å². The van der Waals surface area contributed by atoms with E-state index in [1.807, 2.05) is 60.7 Å². The molecule has 4 aromatic rings. The number of hydrogen-bond acceptors (Lipinski definition) is 1. The van der Waals surface area contributed by atoms with Gasteiger partial charge in [0.25, 0.3) is 0 Å². The van der Waals surface area contributed by atoms with Crippen LogP contribution in [0.3, 0.4) is 0 Å². The summed E-state index contributed by atoms with van der Waals surface area (Å²) in [6.45, 7) is 0. The Morgan fingerprint density at radius 3 is 2.00 bits per heavy atom. The first-order chi connectivity index (χ1) is 12.1. The Hall–Kier alpha value is -3.08. The lowest BCUT2D eigenvalue weighted by molar-refractivity contribution is -0.136. The van der Waals surface area contributed by atoms with Crippen LogP contribution in [0.4, 0.5) is 13.2 Å². The van der Waals surface area contributed by atoms with Gasteiger partial charge in [-0.25, -0.2) is 4.68 Å². The molecule has 0 amide bonds. The van der Waals surface area contributed by atoms with Gasteiger partial charge < -0.3 is 0 Å². The number of benzene rings is 3. The third kappa shape index (κ3) is 2.67. The average molecular weight is 338 g/mol. The summed E-state index contributed by atoms with van der Waals surface area (Å²) in [6.07, 6.45) is -4.46. The zero-order valence-corrected chi connectivity index (χ0v) is 13.0. The molecule has 3 aromatic carbocycles. The van der Waals surface area contributed by atoms with Gasteiger partial charge >= 0.3 is 6.18 Å². The highest BCUT2D eigenvalue weighted by molar-refractivity contribution is 5.96. The van der Waals surface area contributed by atoms with E-state index in [1.165, 1.54) is 6.07 Å². The Morgan fingerprint density at radius 1 is 0.720 bits per heavy atom. The number of aromatic nitrogens is 2. The van der Waals surface area contributed by atoms with Gasteiger partial charge in [-0.05, 0) is 18.2 Å². The molecule has 0 aliphatic heterocycles. The van der Waals surface area contributed by atoms with Crippen LogP contribution < -0.4 is 0 Å². The van der Waals surface area contributed by atoms with E-state index in [2.05, 4.69) is 5.10 Å². The molecule has 0 unspecified atom stereocenters. The molecule has 0 atom stereocenters. The first-order valence-corrected chi connectivity index (χ1v) is 7.75. The molecule has 124 valence electrons. The molecule has 0 saturated heterocycles. The first-order valence-electron chi connectivity index (χ1n) is 7.75. The predicted octanol–water partition coefficient (Wildman–Crippen LogP) is 5.71. The van der Waals surface area contributed by atoms with Gasteiger partial charge in [-0.2, -0.15) is 18.3 Å². The van der Waals surface area contributed by atoms with Gasteiger partial charge in [0.05, 0.1) is 16.9 Å². The Morgan fingerprint density at radius 2 is 1.36 bits per heavy atom. The summed E-state index contributed by atoms with van der Waals surface area (Å²) < 4.78 is 41.8. The zero-order valence-electron chi connectivity index (χ0n) is 13.0. The maximum atomic E-state index is 13.4. The first kappa shape index (κ1) is 15.4. The van der Waals surface area contributed by atoms with Crippen molar-refractivity contribution in [2.24, 2.45) is 0 Å². The van der Waals surface area contributed by atoms with Crippen LogP contribution in [0.25, 0.3) is 27.8 Å². The maximum absolute atomic E-state index is 13.4. The molecule has 0 N–H and O–H groups in total. The molecule has 0 saturated carbocycles. The van der Waals surface area contributed by atoms with Crippen molar-refractivity contribution in [3.05, 3.63) is 84.4 Å². The molecule has 0 fully saturated rings. The predicted molar refractivity (Wildman–Crippen MR) is 91.5 cm³/mol. The maximum Gasteiger partial charge on any atom is 0.418 e. The van der Waals surface area contributed by atoms with Gasteiger partial charge in [0.1, 0.15) is 5.52 Å². The molecule has 0 aliphatic rings. The van der Waals surface area contributed by atoms with Crippen LogP contribution in [0.2, 0.25) is 0 Å². The van der Waals surface area contributed by atoms with Crippen molar-refractivity contribution in [2.45, 2.75) is 6.18 Å². The van der Waals surface area contributed by atoms with Crippen molar-refractivity contribution >= 4 is 10.9 Å². The lowest BCUT2D eigenvalue weighted by atomic mass is 10.0. The molecule has 25 heavy (non-hydrogen) atoms. The van der Waals surface area contributed by atoms with E-state index < -0.39 is 11.7 Å². The number of rotatable bonds is 2. The van der Waals surface area contributed by atoms with Crippen LogP contribution >= 0.6 is 0 Å². The molecular formula is C20H13F3N2. The Balaban J connectivity index is 2.10. The third-order valence-electron chi connectivity index (χ3n) is 4.06. The molecule has 0 spiro atoms. The van der Waals surface area contributed by atoms with E-state index in [4.69, 9.17) is 0 Å². The van der Waals surface area contributed by atoms with Crippen molar-refractivity contribution in [3.8, 4) is 16.9 Å². The van der Waals surface area contributed by atoms with E-state index in [9.17, 15) is 13.2 Å². The summed E-state index contributed by atoms with van der Waals surface area (Å²) in [6, 6.07) is 22.7. The quantitative estimate of drug-likeness (QED) is 0.458. The average Bonchev–Trinajstić information content (AvgIpc) is 3.01. The largest absolute Gasteiger partial charge is 0.418 e. The summed E-state index contributed by atoms with van der Waals surface area (Å²) in [4.78, 5) is 0. The molecule has 0 bridgehead atoms. The fraction of sp³-hybridized carbons (Fsp3) is 0.0500. The molecule has 5 heteroatoms. The minimum Gasteiger partial charge on any atom is -0.232 e. The molecule has 1 aromatic heterocycles. The van der Waals surface area contributed by atoms with Crippen molar-refractivity contribution in [1.82, 2.24) is 9.78 Å². The van der Waals surface area contributed by atoms with E-state index in [0.29, 0.717) is 16.8 Å². The van der Waals surface area contributed by atoms with Crippen LogP contribution in [0.5, 0.6) is 0 Å². The lowest BCUT2D eigenvalue weighted by Crippen LogP contribution is -2.06. The SMILES string of the molecule is FC(F)(F)c1cccc2c(-c3ccccc3)n(-c3ccccc3)nc12. The second-order valence-electron chi connectivity index (χ2n) is 5.66. The van der Waals surface area contributed by atoms with Crippen molar-refractivity contribution in [2.75, 3.05) is 0 Å². The second kappa shape index (κ2) is 5.77. The smallest absolute Gasteiger partial charge is 0.232 e. The second-order valence-corrected chi connectivity index (χ2v) is 5.66. The molecule has 2 nitrogen and oxygen atoms in total. The van der Waals surface area contributed by atoms with Crippen molar-refractivity contribution in [1.29, 1.82) is 0 Å². The highest BCUT2D eigenvalue weighted by atomic mass is 19.4. The van der Waals surface area contributed by atoms with Crippen LogP contribution in [0.15, 0.2) is 78.9 Å². The van der Waals surface area contributed by atoms with Crippen molar-refractivity contribution < 1.29 is 13.2 Å². The lowest BCUT2D eigenvalue weighted by Gasteiger charge is -2.08. The molecule has 4 rings (SSSR count). The molecule has 1 heterocycles. The van der Waals surface area contributed by atoms with Crippen LogP contribution in [-0.4, -0.2) is 9.78 Å². The van der Waals surface area contributed by atoms with Gasteiger partial charge in [-0.3, -0.25) is 0 Å². The normalized spacial score (nSPS) is 11.8. The summed E-state index contributed by atoms with van der Waals surface area (Å²) in [5, 5.41) is 4.80. The fourth-order valence-corrected chi connectivity index (χ4v) is 2.97. The Kier molecular flexibility index (Phi) is 3.57. The van der Waals surface area contributed by atoms with E-state index in [1.54, 1.807) is 10.7 Å². The molecular weight excluding hydrogens is 325 g/mol. The third-order valence-corrected chi connectivity index (χ3v) is 4.06. The van der Waals surface area contributed by atoms with Crippen LogP contribution in [0.1, 0.15) is 5.56 Å². The van der Waals surface area contributed by atoms with Gasteiger partial charge in [-0.1, -0.05) is 60.7 Å². The number of nitrogens with zero attached hydrogens (tertiary/aromatic N) is 2. The fourth-order valence-electron chi connectivity index (χ4n) is 2.97. The number of fused-ring (bicyclic) bond motifs is 1. The summed E-state index contributed by atoms with van der Waals surface area (Å²) in [5.74, 6) is 0. The molecule has 0 radical (unpaired) electrons. The van der Waals surface area contributed by atoms with Gasteiger partial charge in [-0.15, -0.1) is 0 Å². The topological polar surface area (TPSA) is 17.8 Å². The van der Waals surface area contributed by atoms with Gasteiger partial charge in [0, 0.05) is 10.9 Å². The number of hydrogen-bond donors (Lipinski definition) is 0.